The van der Waals surface area contributed by atoms with Gasteiger partial charge in [0.1, 0.15) is 47.1 Å². The number of terminal acetylenes is 3. The maximum absolute atomic E-state index is 6.59. The van der Waals surface area contributed by atoms with Crippen LogP contribution >= 0.6 is 0 Å². The lowest BCUT2D eigenvalue weighted by Crippen LogP contribution is -2.29. The van der Waals surface area contributed by atoms with Gasteiger partial charge in [0.05, 0.1) is 29.5 Å². The second-order valence-corrected chi connectivity index (χ2v) is 27.8. The predicted molar refractivity (Wildman–Crippen MR) is 486 cm³/mol. The van der Waals surface area contributed by atoms with Crippen LogP contribution in [0.3, 0.4) is 0 Å². The van der Waals surface area contributed by atoms with Crippen molar-refractivity contribution < 1.29 is 49.4 Å². The zero-order valence-electron chi connectivity index (χ0n) is 62.2. The number of hydrogen-bond donors (Lipinski definition) is 0. The second kappa shape index (κ2) is 32.8. The Morgan fingerprint density at radius 2 is 0.595 bits per heavy atom. The molecule has 5 nitrogen and oxygen atoms in total. The molecule has 0 aliphatic heterocycles. The molecular weight excluding hydrogens is 1350 g/mol. The summed E-state index contributed by atoms with van der Waals surface area (Å²) in [4.78, 5) is 0. The van der Waals surface area contributed by atoms with Crippen LogP contribution in [0, 0.1) is 116 Å². The minimum Gasteiger partial charge on any atom is -0.494 e. The standard InChI is InChI=1S/C106H76O5.18H2/c1-7-12-17-26-69-107-85-57-47-80(48-58-85)104(79-45-41-76(6)42-46-79)96-37-24-22-33-94(96)102-90(35-31-39-98(102)104)77-43-67-92-93-68-44-78(75-101(93)106(100(92)74-77,83-53-63-88(64-54-83)110-72-29-20-15-10-4)84-55-65-89(66-56-84)111-73-30-21-16-11-5)91-36-32-40-99-103(91)95-34-23-25-38-97(95)105(99,81-49-59-86(60-50-81)108-70-27-18-13-8-2)82-51-61-87(62-52-82)109-71-28-19-14-9-3;;;;;;;;;;;;;;;;;;/h2-4,22-25,31-68,74-75H,7,11-12,16-17,21,26,30,69,73H2,1,5-6H3;18*1H. The number of fused-ring (bicyclic) bond motifs is 9. The van der Waals surface area contributed by atoms with Gasteiger partial charge < -0.3 is 23.7 Å². The van der Waals surface area contributed by atoms with E-state index >= 15 is 0 Å². The van der Waals surface area contributed by atoms with Crippen LogP contribution in [0.2, 0.25) is 0 Å². The molecular formula is C106H112O5. The van der Waals surface area contributed by atoms with E-state index in [1.54, 1.807) is 0 Å². The van der Waals surface area contributed by atoms with Crippen molar-refractivity contribution in [3.05, 3.63) is 339 Å². The first-order valence-electron chi connectivity index (χ1n) is 37.8. The van der Waals surface area contributed by atoms with Crippen LogP contribution in [-0.4, -0.2) is 13.2 Å². The average molecular weight is 1470 g/mol. The second-order valence-electron chi connectivity index (χ2n) is 27.8. The first-order chi connectivity index (χ1) is 54.8. The molecule has 0 spiro atoms. The van der Waals surface area contributed by atoms with Crippen LogP contribution in [0.5, 0.6) is 28.7 Å². The van der Waals surface area contributed by atoms with Gasteiger partial charge in [-0.15, -0.1) is 19.3 Å². The number of aryl methyl sites for hydroxylation is 1. The van der Waals surface area contributed by atoms with E-state index in [1.807, 2.05) is 36.4 Å². The molecule has 566 valence electrons. The number of hydrogen-bond acceptors (Lipinski definition) is 5. The number of ether oxygens (including phenoxy) is 5. The van der Waals surface area contributed by atoms with Gasteiger partial charge in [-0.1, -0.05) is 252 Å². The minimum absolute atomic E-state index is 0. The zero-order chi connectivity index (χ0) is 76.0. The first-order valence-corrected chi connectivity index (χ1v) is 37.8. The topological polar surface area (TPSA) is 46.2 Å². The van der Waals surface area contributed by atoms with Crippen LogP contribution < -0.4 is 23.7 Å². The smallest absolute Gasteiger partial charge is 0.140 e. The molecule has 3 aliphatic rings. The van der Waals surface area contributed by atoms with Crippen molar-refractivity contribution in [2.45, 2.75) is 88.4 Å². The van der Waals surface area contributed by atoms with Crippen molar-refractivity contribution in [1.29, 1.82) is 0 Å². The van der Waals surface area contributed by atoms with Crippen molar-refractivity contribution in [2.75, 3.05) is 13.2 Å². The lowest BCUT2D eigenvalue weighted by molar-refractivity contribution is 0.305. The van der Waals surface area contributed by atoms with Gasteiger partial charge in [0.15, 0.2) is 0 Å². The lowest BCUT2D eigenvalue weighted by atomic mass is 9.66. The molecule has 0 saturated carbocycles. The van der Waals surface area contributed by atoms with Gasteiger partial charge in [0.2, 0.25) is 0 Å². The van der Waals surface area contributed by atoms with Gasteiger partial charge in [-0.2, -0.15) is 0 Å². The minimum atomic E-state index is -0.968. The third kappa shape index (κ3) is 13.6. The van der Waals surface area contributed by atoms with Crippen LogP contribution in [-0.2, 0) is 16.2 Å². The highest BCUT2D eigenvalue weighted by Gasteiger charge is 2.51. The molecule has 2 atom stereocenters. The van der Waals surface area contributed by atoms with E-state index in [9.17, 15) is 0 Å². The molecule has 15 rings (SSSR count). The normalized spacial score (nSPS) is 14.1. The summed E-state index contributed by atoms with van der Waals surface area (Å²) < 4.78 is 30.9. The summed E-state index contributed by atoms with van der Waals surface area (Å²) in [5.74, 6) is 34.0. The van der Waals surface area contributed by atoms with Crippen molar-refractivity contribution in [3.8, 4) is 193 Å². The van der Waals surface area contributed by atoms with Gasteiger partial charge in [-0.25, -0.2) is 0 Å². The van der Waals surface area contributed by atoms with Gasteiger partial charge in [0.25, 0.3) is 0 Å². The zero-order valence-corrected chi connectivity index (χ0v) is 62.2. The Bertz CT molecular complexity index is 6060. The van der Waals surface area contributed by atoms with Crippen LogP contribution in [0.4, 0.5) is 0 Å². The van der Waals surface area contributed by atoms with Crippen molar-refractivity contribution >= 4 is 0 Å². The van der Waals surface area contributed by atoms with Gasteiger partial charge >= 0.3 is 0 Å². The third-order valence-corrected chi connectivity index (χ3v) is 21.6. The van der Waals surface area contributed by atoms with Gasteiger partial charge in [-0.3, -0.25) is 0 Å². The molecule has 3 aliphatic carbocycles. The highest BCUT2D eigenvalue weighted by Crippen LogP contribution is 2.63. The largest absolute Gasteiger partial charge is 0.494 e. The highest BCUT2D eigenvalue weighted by molar-refractivity contribution is 6.00. The molecule has 0 saturated heterocycles. The lowest BCUT2D eigenvalue weighted by Gasteiger charge is -2.35. The molecule has 0 bridgehead atoms. The molecule has 111 heavy (non-hydrogen) atoms. The summed E-state index contributed by atoms with van der Waals surface area (Å²) in [6.07, 6.45) is 33.3. The Morgan fingerprint density at radius 1 is 0.279 bits per heavy atom. The summed E-state index contributed by atoms with van der Waals surface area (Å²) in [5.41, 5.74) is 23.1. The molecule has 12 aromatic rings. The molecule has 2 unspecified atom stereocenters. The Hall–Kier alpha value is -14.3. The number of rotatable bonds is 23. The fraction of sp³-hybridized carbons (Fsp3) is 0.151. The molecule has 12 aromatic carbocycles. The summed E-state index contributed by atoms with van der Waals surface area (Å²) in [6.45, 7) is 7.94. The van der Waals surface area contributed by atoms with Crippen molar-refractivity contribution in [1.82, 2.24) is 0 Å². The third-order valence-electron chi connectivity index (χ3n) is 21.6. The number of benzene rings is 12. The van der Waals surface area contributed by atoms with Crippen molar-refractivity contribution in [3.63, 3.8) is 0 Å². The van der Waals surface area contributed by atoms with E-state index in [0.29, 0.717) is 30.5 Å². The molecule has 0 amide bonds. The molecule has 0 radical (unpaired) electrons. The quantitative estimate of drug-likeness (QED) is 0.0472. The van der Waals surface area contributed by atoms with E-state index in [2.05, 4.69) is 341 Å². The maximum atomic E-state index is 6.59. The molecule has 0 aromatic heterocycles. The molecule has 5 heteroatoms. The fourth-order valence-electron chi connectivity index (χ4n) is 16.9. The summed E-state index contributed by atoms with van der Waals surface area (Å²) in [7, 11) is 0. The summed E-state index contributed by atoms with van der Waals surface area (Å²) in [5, 5.41) is 0. The fourth-order valence-corrected chi connectivity index (χ4v) is 16.9. The number of unbranched alkanes of at least 4 members (excludes halogenated alkanes) is 6. The molecule has 0 heterocycles. The Morgan fingerprint density at radius 3 is 0.946 bits per heavy atom. The Balaban J connectivity index is -0.00000434. The van der Waals surface area contributed by atoms with E-state index in [1.165, 1.54) is 51.8 Å². The predicted octanol–water partition coefficient (Wildman–Crippen LogP) is 26.7. The summed E-state index contributed by atoms with van der Waals surface area (Å²) >= 11 is 0. The van der Waals surface area contributed by atoms with E-state index in [0.717, 1.165) is 139 Å². The Kier molecular flexibility index (Phi) is 21.4. The first kappa shape index (κ1) is 72.3. The maximum Gasteiger partial charge on any atom is 0.140 e. The SMILES string of the molecule is C#CC#CC#COc1ccc(C2(c3ccc(OCCCCCC)cc3)c3cc(-c4cccc5c4-c4ccccc4C5(c4ccc(OC#CC#CC#C)cc4)c4ccc(OC#CC#CC#C)cc4)ccc3-c3ccc(-c4cccc5c4-c4ccccc4C5(c4ccc(C)cc4)c4ccc(OCCCCCC)cc4)cc32)cc1.[HH].[HH].[HH].[HH].[HH].[HH].[HH].[HH].[HH].[HH].[HH].[HH].[HH].[HH].[HH].[HH].[HH].[HH]. The van der Waals surface area contributed by atoms with Crippen LogP contribution in [0.1, 0.15) is 163 Å². The Labute approximate surface area is 680 Å². The van der Waals surface area contributed by atoms with Crippen LogP contribution in [0.15, 0.2) is 267 Å². The van der Waals surface area contributed by atoms with E-state index in [-0.39, 0.29) is 25.7 Å². The average Bonchev–Trinajstić information content (AvgIpc) is 1.53. The van der Waals surface area contributed by atoms with E-state index in [4.69, 9.17) is 43.0 Å². The summed E-state index contributed by atoms with van der Waals surface area (Å²) in [6, 6.07) is 97.2. The monoisotopic (exact) mass is 1460 g/mol. The van der Waals surface area contributed by atoms with Gasteiger partial charge in [0, 0.05) is 61.2 Å². The van der Waals surface area contributed by atoms with Crippen molar-refractivity contribution in [2.24, 2.45) is 0 Å². The van der Waals surface area contributed by atoms with E-state index < -0.39 is 16.2 Å². The van der Waals surface area contributed by atoms with Gasteiger partial charge in [-0.05, 0) is 250 Å². The molecule has 0 N–H and O–H groups in total. The highest BCUT2D eigenvalue weighted by atomic mass is 16.5. The molecule has 0 fully saturated rings. The van der Waals surface area contributed by atoms with Crippen LogP contribution in [0.25, 0.3) is 55.6 Å².